The van der Waals surface area contributed by atoms with E-state index in [0.717, 1.165) is 62.6 Å². The van der Waals surface area contributed by atoms with Crippen LogP contribution in [0.2, 0.25) is 0 Å². The summed E-state index contributed by atoms with van der Waals surface area (Å²) in [6.45, 7) is 7.67. The monoisotopic (exact) mass is 544 g/mol. The Bertz CT molecular complexity index is 1220. The van der Waals surface area contributed by atoms with Gasteiger partial charge >= 0.3 is 5.97 Å². The van der Waals surface area contributed by atoms with Crippen LogP contribution in [0.15, 0.2) is 78.9 Å². The highest BCUT2D eigenvalue weighted by molar-refractivity contribution is 5.91. The summed E-state index contributed by atoms with van der Waals surface area (Å²) in [7, 11) is 0. The Morgan fingerprint density at radius 3 is 2.20 bits per heavy atom. The molecule has 212 valence electrons. The first kappa shape index (κ1) is 28.5. The highest BCUT2D eigenvalue weighted by Gasteiger charge is 2.35. The molecule has 0 aliphatic carbocycles. The molecule has 2 atom stereocenters. The van der Waals surface area contributed by atoms with E-state index in [-0.39, 0.29) is 6.04 Å². The summed E-state index contributed by atoms with van der Waals surface area (Å²) in [6.07, 6.45) is 1.30. The molecule has 2 saturated heterocycles. The largest absolute Gasteiger partial charge is 0.423 e. The summed E-state index contributed by atoms with van der Waals surface area (Å²) < 4.78 is 11.0. The third kappa shape index (κ3) is 7.36. The van der Waals surface area contributed by atoms with Gasteiger partial charge in [0, 0.05) is 45.2 Å². The van der Waals surface area contributed by atoms with Gasteiger partial charge in [-0.3, -0.25) is 9.80 Å². The van der Waals surface area contributed by atoms with Gasteiger partial charge in [0.1, 0.15) is 5.75 Å². The minimum absolute atomic E-state index is 0.106. The number of carbonyl (C=O) groups excluding carboxylic acids is 1. The molecule has 2 N–H and O–H groups in total. The van der Waals surface area contributed by atoms with Crippen LogP contribution in [0.5, 0.6) is 5.75 Å². The lowest BCUT2D eigenvalue weighted by molar-refractivity contribution is -0.0456. The van der Waals surface area contributed by atoms with Crippen LogP contribution >= 0.6 is 0 Å². The van der Waals surface area contributed by atoms with Gasteiger partial charge in [0.15, 0.2) is 0 Å². The van der Waals surface area contributed by atoms with Gasteiger partial charge in [0.25, 0.3) is 0 Å². The maximum Gasteiger partial charge on any atom is 0.343 e. The SMILES string of the molecule is C[C@@H]([C@H](O)c1ccc(OC(=O)c2ccc(CN3CCOCC3)cc2)cc1)N1CCC(O)(Cc2ccccc2)CC1. The Labute approximate surface area is 237 Å². The van der Waals surface area contributed by atoms with Gasteiger partial charge in [-0.15, -0.1) is 0 Å². The lowest BCUT2D eigenvalue weighted by Crippen LogP contribution is -2.49. The number of hydrogen-bond acceptors (Lipinski definition) is 7. The number of aliphatic hydroxyl groups excluding tert-OH is 1. The second kappa shape index (κ2) is 13.1. The second-order valence-electron chi connectivity index (χ2n) is 11.2. The van der Waals surface area contributed by atoms with Crippen molar-refractivity contribution >= 4 is 5.97 Å². The molecule has 2 aliphatic rings. The predicted octanol–water partition coefficient (Wildman–Crippen LogP) is 4.23. The summed E-state index contributed by atoms with van der Waals surface area (Å²) in [5, 5.41) is 22.2. The number of hydrogen-bond donors (Lipinski definition) is 2. The van der Waals surface area contributed by atoms with E-state index in [1.165, 1.54) is 0 Å². The Morgan fingerprint density at radius 1 is 0.900 bits per heavy atom. The first-order chi connectivity index (χ1) is 19.4. The van der Waals surface area contributed by atoms with Crippen molar-refractivity contribution in [2.75, 3.05) is 39.4 Å². The van der Waals surface area contributed by atoms with E-state index in [9.17, 15) is 15.0 Å². The Kier molecular flexibility index (Phi) is 9.29. The molecule has 3 aromatic rings. The number of carbonyl (C=O) groups is 1. The molecule has 7 heteroatoms. The molecule has 0 aromatic heterocycles. The van der Waals surface area contributed by atoms with Gasteiger partial charge in [0.2, 0.25) is 0 Å². The Morgan fingerprint density at radius 2 is 1.55 bits per heavy atom. The zero-order valence-corrected chi connectivity index (χ0v) is 23.2. The van der Waals surface area contributed by atoms with Crippen molar-refractivity contribution in [3.8, 4) is 5.75 Å². The van der Waals surface area contributed by atoms with E-state index >= 15 is 0 Å². The molecular formula is C33H40N2O5. The maximum atomic E-state index is 12.7. The molecule has 2 fully saturated rings. The molecule has 3 aromatic carbocycles. The van der Waals surface area contributed by atoms with Gasteiger partial charge in [-0.05, 0) is 60.7 Å². The van der Waals surface area contributed by atoms with Gasteiger partial charge in [0.05, 0.1) is 30.5 Å². The maximum absolute atomic E-state index is 12.7. The quantitative estimate of drug-likeness (QED) is 0.308. The standard InChI is InChI=1S/C33H40N2O5/c1-25(35-17-15-33(38,16-18-35)23-26-5-3-2-4-6-26)31(36)28-11-13-30(14-12-28)40-32(37)29-9-7-27(8-10-29)24-34-19-21-39-22-20-34/h2-14,25,31,36,38H,15-24H2,1H3/t25-,31-/m0/s1. The number of likely N-dealkylation sites (tertiary alicyclic amines) is 1. The fraction of sp³-hybridized carbons (Fsp3) is 0.424. The number of esters is 1. The summed E-state index contributed by atoms with van der Waals surface area (Å²) in [5.74, 6) is 0.0332. The number of morpholine rings is 1. The summed E-state index contributed by atoms with van der Waals surface area (Å²) in [6, 6.07) is 24.6. The number of nitrogens with zero attached hydrogens (tertiary/aromatic N) is 2. The Hall–Kier alpha value is -3.07. The van der Waals surface area contributed by atoms with Crippen molar-refractivity contribution in [1.29, 1.82) is 0 Å². The minimum Gasteiger partial charge on any atom is -0.423 e. The summed E-state index contributed by atoms with van der Waals surface area (Å²) in [4.78, 5) is 17.3. The van der Waals surface area contributed by atoms with Crippen molar-refractivity contribution in [2.45, 2.75) is 50.5 Å². The van der Waals surface area contributed by atoms with Crippen LogP contribution in [0.4, 0.5) is 0 Å². The molecule has 40 heavy (non-hydrogen) atoms. The lowest BCUT2D eigenvalue weighted by atomic mass is 9.84. The zero-order valence-electron chi connectivity index (χ0n) is 23.2. The van der Waals surface area contributed by atoms with Crippen LogP contribution in [0, 0.1) is 0 Å². The van der Waals surface area contributed by atoms with E-state index in [4.69, 9.17) is 9.47 Å². The van der Waals surface area contributed by atoms with Gasteiger partial charge in [-0.1, -0.05) is 54.6 Å². The molecule has 2 heterocycles. The number of ether oxygens (including phenoxy) is 2. The molecule has 5 rings (SSSR count). The van der Waals surface area contributed by atoms with Crippen molar-refractivity contribution in [2.24, 2.45) is 0 Å². The van der Waals surface area contributed by atoms with Gasteiger partial charge in [-0.2, -0.15) is 0 Å². The molecule has 0 spiro atoms. The van der Waals surface area contributed by atoms with E-state index in [1.54, 1.807) is 24.3 Å². The number of aliphatic hydroxyl groups is 2. The molecule has 0 amide bonds. The van der Waals surface area contributed by atoms with Gasteiger partial charge < -0.3 is 19.7 Å². The van der Waals surface area contributed by atoms with Crippen LogP contribution in [-0.4, -0.2) is 77.0 Å². The van der Waals surface area contributed by atoms with Crippen molar-refractivity contribution < 1.29 is 24.5 Å². The summed E-state index contributed by atoms with van der Waals surface area (Å²) in [5.41, 5.74) is 2.86. The Balaban J connectivity index is 1.11. The number of benzene rings is 3. The highest BCUT2D eigenvalue weighted by atomic mass is 16.5. The summed E-state index contributed by atoms with van der Waals surface area (Å²) >= 11 is 0. The van der Waals surface area contributed by atoms with Crippen molar-refractivity contribution in [3.63, 3.8) is 0 Å². The third-order valence-corrected chi connectivity index (χ3v) is 8.27. The van der Waals surface area contributed by atoms with Crippen LogP contribution < -0.4 is 4.74 Å². The molecule has 7 nitrogen and oxygen atoms in total. The first-order valence-electron chi connectivity index (χ1n) is 14.3. The van der Waals surface area contributed by atoms with Crippen molar-refractivity contribution in [3.05, 3.63) is 101 Å². The predicted molar refractivity (Wildman–Crippen MR) is 154 cm³/mol. The van der Waals surface area contributed by atoms with Crippen LogP contribution in [0.25, 0.3) is 0 Å². The second-order valence-corrected chi connectivity index (χ2v) is 11.2. The van der Waals surface area contributed by atoms with E-state index in [2.05, 4.69) is 21.9 Å². The average Bonchev–Trinajstić information content (AvgIpc) is 2.98. The number of piperidine rings is 1. The van der Waals surface area contributed by atoms with Crippen molar-refractivity contribution in [1.82, 2.24) is 9.80 Å². The minimum atomic E-state index is -0.711. The van der Waals surface area contributed by atoms with E-state index in [1.807, 2.05) is 49.4 Å². The van der Waals surface area contributed by atoms with Gasteiger partial charge in [-0.25, -0.2) is 4.79 Å². The third-order valence-electron chi connectivity index (χ3n) is 8.27. The van der Waals surface area contributed by atoms with E-state index < -0.39 is 17.7 Å². The fourth-order valence-corrected chi connectivity index (χ4v) is 5.64. The smallest absolute Gasteiger partial charge is 0.343 e. The molecule has 2 aliphatic heterocycles. The number of rotatable bonds is 9. The average molecular weight is 545 g/mol. The van der Waals surface area contributed by atoms with E-state index in [0.29, 0.717) is 30.6 Å². The fourth-order valence-electron chi connectivity index (χ4n) is 5.64. The molecular weight excluding hydrogens is 504 g/mol. The molecule has 0 unspecified atom stereocenters. The van der Waals surface area contributed by atoms with Crippen LogP contribution in [0.3, 0.4) is 0 Å². The topological polar surface area (TPSA) is 82.5 Å². The van der Waals surface area contributed by atoms with Crippen LogP contribution in [-0.2, 0) is 17.7 Å². The van der Waals surface area contributed by atoms with Crippen LogP contribution in [0.1, 0.15) is 52.9 Å². The zero-order chi connectivity index (χ0) is 28.0. The normalized spacial score (nSPS) is 19.6. The highest BCUT2D eigenvalue weighted by Crippen LogP contribution is 2.31. The molecule has 0 bridgehead atoms. The first-order valence-corrected chi connectivity index (χ1v) is 14.3. The lowest BCUT2D eigenvalue weighted by Gasteiger charge is -2.42. The molecule has 0 radical (unpaired) electrons. The molecule has 0 saturated carbocycles.